The van der Waals surface area contributed by atoms with Gasteiger partial charge in [0.05, 0.1) is 18.1 Å². The van der Waals surface area contributed by atoms with Crippen molar-refractivity contribution >= 4 is 0 Å². The summed E-state index contributed by atoms with van der Waals surface area (Å²) in [6, 6.07) is 2.43. The van der Waals surface area contributed by atoms with Gasteiger partial charge in [0.2, 0.25) is 0 Å². The van der Waals surface area contributed by atoms with Crippen molar-refractivity contribution in [3.05, 3.63) is 0 Å². The molecular formula is C13H21NO2. The van der Waals surface area contributed by atoms with Crippen molar-refractivity contribution in [3.8, 4) is 6.07 Å². The summed E-state index contributed by atoms with van der Waals surface area (Å²) in [5.74, 6) is 0.595. The molecule has 0 aromatic rings. The fourth-order valence-electron chi connectivity index (χ4n) is 3.30. The van der Waals surface area contributed by atoms with E-state index in [0.717, 1.165) is 25.7 Å². The van der Waals surface area contributed by atoms with Gasteiger partial charge in [-0.05, 0) is 18.8 Å². The van der Waals surface area contributed by atoms with Crippen LogP contribution in [0, 0.1) is 22.7 Å². The highest BCUT2D eigenvalue weighted by Gasteiger charge is 2.54. The topological polar surface area (TPSA) is 53.2 Å². The summed E-state index contributed by atoms with van der Waals surface area (Å²) < 4.78 is 5.31. The average molecular weight is 223 g/mol. The third-order valence-corrected chi connectivity index (χ3v) is 4.54. The lowest BCUT2D eigenvalue weighted by Crippen LogP contribution is -2.50. The van der Waals surface area contributed by atoms with Crippen LogP contribution >= 0.6 is 0 Å². The summed E-state index contributed by atoms with van der Waals surface area (Å²) >= 11 is 0. The predicted molar refractivity (Wildman–Crippen MR) is 60.7 cm³/mol. The maximum atomic E-state index is 10.6. The lowest BCUT2D eigenvalue weighted by Gasteiger charge is -2.44. The molecule has 1 aliphatic heterocycles. The van der Waals surface area contributed by atoms with Crippen LogP contribution in [0.5, 0.6) is 0 Å². The second-order valence-corrected chi connectivity index (χ2v) is 5.40. The molecule has 3 heteroatoms. The quantitative estimate of drug-likeness (QED) is 0.781. The number of ether oxygens (including phenoxy) is 1. The summed E-state index contributed by atoms with van der Waals surface area (Å²) in [6.07, 6.45) is 5.68. The van der Waals surface area contributed by atoms with Crippen LogP contribution in [0.15, 0.2) is 0 Å². The molecular weight excluding hydrogens is 202 g/mol. The Kier molecular flexibility index (Phi) is 3.23. The lowest BCUT2D eigenvalue weighted by molar-refractivity contribution is -0.0833. The molecule has 0 spiro atoms. The zero-order chi connectivity index (χ0) is 11.6. The van der Waals surface area contributed by atoms with E-state index in [-0.39, 0.29) is 0 Å². The molecule has 16 heavy (non-hydrogen) atoms. The van der Waals surface area contributed by atoms with Gasteiger partial charge in [0.15, 0.2) is 0 Å². The summed E-state index contributed by atoms with van der Waals surface area (Å²) in [5, 5.41) is 20.1. The molecule has 3 nitrogen and oxygen atoms in total. The van der Waals surface area contributed by atoms with Crippen LogP contribution in [-0.2, 0) is 4.74 Å². The predicted octanol–water partition coefficient (Wildman–Crippen LogP) is 2.25. The van der Waals surface area contributed by atoms with Gasteiger partial charge in [0, 0.05) is 13.0 Å². The molecule has 90 valence electrons. The SMILES string of the molecule is CCC1CCCC(C#N)(C2(O)CCOC2)C1. The second kappa shape index (κ2) is 4.35. The van der Waals surface area contributed by atoms with Gasteiger partial charge in [-0.2, -0.15) is 5.26 Å². The molecule has 1 saturated carbocycles. The molecule has 0 amide bonds. The summed E-state index contributed by atoms with van der Waals surface area (Å²) in [6.45, 7) is 3.11. The third kappa shape index (κ3) is 1.74. The van der Waals surface area contributed by atoms with Crippen LogP contribution in [0.3, 0.4) is 0 Å². The van der Waals surface area contributed by atoms with E-state index in [0.29, 0.717) is 25.6 Å². The molecule has 0 aromatic heterocycles. The average Bonchev–Trinajstić information content (AvgIpc) is 2.77. The highest BCUT2D eigenvalue weighted by atomic mass is 16.5. The van der Waals surface area contributed by atoms with Gasteiger partial charge < -0.3 is 9.84 Å². The molecule has 1 saturated heterocycles. The smallest absolute Gasteiger partial charge is 0.109 e. The summed E-state index contributed by atoms with van der Waals surface area (Å²) in [7, 11) is 0. The van der Waals surface area contributed by atoms with Gasteiger partial charge in [0.25, 0.3) is 0 Å². The summed E-state index contributed by atoms with van der Waals surface area (Å²) in [5.41, 5.74) is -1.45. The maximum Gasteiger partial charge on any atom is 0.109 e. The van der Waals surface area contributed by atoms with Crippen LogP contribution < -0.4 is 0 Å². The summed E-state index contributed by atoms with van der Waals surface area (Å²) in [4.78, 5) is 0. The van der Waals surface area contributed by atoms with Crippen LogP contribution in [0.2, 0.25) is 0 Å². The van der Waals surface area contributed by atoms with Crippen molar-refractivity contribution in [1.82, 2.24) is 0 Å². The van der Waals surface area contributed by atoms with E-state index >= 15 is 0 Å². The zero-order valence-corrected chi connectivity index (χ0v) is 10.0. The molecule has 1 aliphatic carbocycles. The fourth-order valence-corrected chi connectivity index (χ4v) is 3.30. The van der Waals surface area contributed by atoms with E-state index < -0.39 is 11.0 Å². The molecule has 0 aromatic carbocycles. The van der Waals surface area contributed by atoms with Crippen LogP contribution in [0.4, 0.5) is 0 Å². The minimum Gasteiger partial charge on any atom is -0.386 e. The van der Waals surface area contributed by atoms with E-state index in [1.807, 2.05) is 0 Å². The highest BCUT2D eigenvalue weighted by molar-refractivity contribution is 5.14. The number of hydrogen-bond donors (Lipinski definition) is 1. The fraction of sp³-hybridized carbons (Fsp3) is 0.923. The minimum absolute atomic E-state index is 0.344. The molecule has 1 heterocycles. The Labute approximate surface area is 97.4 Å². The molecule has 2 aliphatic rings. The molecule has 1 N–H and O–H groups in total. The molecule has 2 rings (SSSR count). The van der Waals surface area contributed by atoms with E-state index in [2.05, 4.69) is 13.0 Å². The van der Waals surface area contributed by atoms with Crippen molar-refractivity contribution in [2.24, 2.45) is 11.3 Å². The van der Waals surface area contributed by atoms with Crippen molar-refractivity contribution < 1.29 is 9.84 Å². The van der Waals surface area contributed by atoms with Crippen molar-refractivity contribution in [2.45, 2.75) is 51.0 Å². The number of nitriles is 1. The minimum atomic E-state index is -0.893. The molecule has 0 bridgehead atoms. The van der Waals surface area contributed by atoms with Gasteiger partial charge in [-0.1, -0.05) is 26.2 Å². The molecule has 3 atom stereocenters. The Hall–Kier alpha value is -0.590. The zero-order valence-electron chi connectivity index (χ0n) is 10.0. The first-order chi connectivity index (χ1) is 7.66. The van der Waals surface area contributed by atoms with E-state index in [9.17, 15) is 10.4 Å². The maximum absolute atomic E-state index is 10.6. The van der Waals surface area contributed by atoms with Gasteiger partial charge in [-0.15, -0.1) is 0 Å². The lowest BCUT2D eigenvalue weighted by atomic mass is 9.60. The second-order valence-electron chi connectivity index (χ2n) is 5.40. The number of nitrogens with zero attached hydrogens (tertiary/aromatic N) is 1. The Balaban J connectivity index is 2.21. The standard InChI is InChI=1S/C13H21NO2/c1-2-11-4-3-5-12(8-11,9-14)13(15)6-7-16-10-13/h11,15H,2-8,10H2,1H3. The third-order valence-electron chi connectivity index (χ3n) is 4.54. The van der Waals surface area contributed by atoms with Gasteiger partial charge in [0.1, 0.15) is 5.60 Å². The van der Waals surface area contributed by atoms with Crippen LogP contribution in [0.1, 0.15) is 45.4 Å². The Morgan fingerprint density at radius 2 is 2.31 bits per heavy atom. The number of aliphatic hydroxyl groups is 1. The van der Waals surface area contributed by atoms with Crippen molar-refractivity contribution in [3.63, 3.8) is 0 Å². The van der Waals surface area contributed by atoms with E-state index in [1.54, 1.807) is 0 Å². The Morgan fingerprint density at radius 3 is 2.88 bits per heavy atom. The van der Waals surface area contributed by atoms with Gasteiger partial charge in [-0.25, -0.2) is 0 Å². The van der Waals surface area contributed by atoms with Crippen molar-refractivity contribution in [1.29, 1.82) is 5.26 Å². The largest absolute Gasteiger partial charge is 0.386 e. The first kappa shape index (κ1) is 11.9. The Morgan fingerprint density at radius 1 is 1.50 bits per heavy atom. The number of rotatable bonds is 2. The normalized spacial score (nSPS) is 44.2. The van der Waals surface area contributed by atoms with Crippen LogP contribution in [0.25, 0.3) is 0 Å². The van der Waals surface area contributed by atoms with E-state index in [4.69, 9.17) is 4.74 Å². The monoisotopic (exact) mass is 223 g/mol. The van der Waals surface area contributed by atoms with Crippen LogP contribution in [-0.4, -0.2) is 23.9 Å². The number of hydrogen-bond acceptors (Lipinski definition) is 3. The molecule has 2 fully saturated rings. The molecule has 0 radical (unpaired) electrons. The highest BCUT2D eigenvalue weighted by Crippen LogP contribution is 2.50. The first-order valence-corrected chi connectivity index (χ1v) is 6.37. The van der Waals surface area contributed by atoms with E-state index in [1.165, 1.54) is 6.42 Å². The first-order valence-electron chi connectivity index (χ1n) is 6.37. The van der Waals surface area contributed by atoms with Gasteiger partial charge in [-0.3, -0.25) is 0 Å². The van der Waals surface area contributed by atoms with Crippen molar-refractivity contribution in [2.75, 3.05) is 13.2 Å². The molecule has 3 unspecified atom stereocenters. The van der Waals surface area contributed by atoms with Gasteiger partial charge >= 0.3 is 0 Å². The Bertz CT molecular complexity index is 291.